The van der Waals surface area contributed by atoms with Gasteiger partial charge in [0, 0.05) is 12.1 Å². The fourth-order valence-corrected chi connectivity index (χ4v) is 2.49. The van der Waals surface area contributed by atoms with E-state index >= 15 is 0 Å². The maximum Gasteiger partial charge on any atom is 0.234 e. The average Bonchev–Trinajstić information content (AvgIpc) is 2.29. The Hall–Kier alpha value is -0.610. The van der Waals surface area contributed by atoms with Crippen LogP contribution < -0.4 is 5.32 Å². The predicted molar refractivity (Wildman–Crippen MR) is 68.8 cm³/mol. The highest BCUT2D eigenvalue weighted by Gasteiger charge is 2.23. The van der Waals surface area contributed by atoms with Crippen molar-refractivity contribution in [2.75, 3.05) is 19.7 Å². The summed E-state index contributed by atoms with van der Waals surface area (Å²) in [6.07, 6.45) is 5.41. The van der Waals surface area contributed by atoms with Gasteiger partial charge >= 0.3 is 0 Å². The standard InChI is InChI=1S/C13H26N2O2/c1-3-6-11(2)14-13(17)9-15-8-5-4-7-12(15)10-16/h11-12,16H,3-10H2,1-2H3,(H,14,17). The van der Waals surface area contributed by atoms with Crippen molar-refractivity contribution in [3.8, 4) is 0 Å². The van der Waals surface area contributed by atoms with Gasteiger partial charge in [0.2, 0.25) is 5.91 Å². The molecule has 1 heterocycles. The van der Waals surface area contributed by atoms with Crippen molar-refractivity contribution >= 4 is 5.91 Å². The van der Waals surface area contributed by atoms with E-state index in [1.54, 1.807) is 0 Å². The summed E-state index contributed by atoms with van der Waals surface area (Å²) < 4.78 is 0. The lowest BCUT2D eigenvalue weighted by Crippen LogP contribution is -2.48. The van der Waals surface area contributed by atoms with E-state index in [-0.39, 0.29) is 24.6 Å². The minimum atomic E-state index is 0.0892. The van der Waals surface area contributed by atoms with E-state index in [2.05, 4.69) is 17.1 Å². The molecule has 1 rings (SSSR count). The van der Waals surface area contributed by atoms with Crippen LogP contribution in [-0.4, -0.2) is 47.7 Å². The first kappa shape index (κ1) is 14.5. The van der Waals surface area contributed by atoms with Gasteiger partial charge in [-0.3, -0.25) is 9.69 Å². The maximum absolute atomic E-state index is 11.8. The number of carbonyl (C=O) groups excluding carboxylic acids is 1. The fraction of sp³-hybridized carbons (Fsp3) is 0.923. The van der Waals surface area contributed by atoms with Crippen LogP contribution in [0, 0.1) is 0 Å². The van der Waals surface area contributed by atoms with Crippen LogP contribution in [0.1, 0.15) is 46.0 Å². The molecule has 17 heavy (non-hydrogen) atoms. The van der Waals surface area contributed by atoms with Gasteiger partial charge in [0.25, 0.3) is 0 Å². The van der Waals surface area contributed by atoms with Crippen molar-refractivity contribution in [2.24, 2.45) is 0 Å². The number of nitrogens with zero attached hydrogens (tertiary/aromatic N) is 1. The molecule has 1 fully saturated rings. The molecule has 1 amide bonds. The van der Waals surface area contributed by atoms with E-state index in [0.717, 1.165) is 38.6 Å². The van der Waals surface area contributed by atoms with Crippen LogP contribution >= 0.6 is 0 Å². The summed E-state index contributed by atoms with van der Waals surface area (Å²) in [7, 11) is 0. The number of aliphatic hydroxyl groups excluding tert-OH is 1. The molecule has 100 valence electrons. The predicted octanol–water partition coefficient (Wildman–Crippen LogP) is 1.14. The molecule has 0 aliphatic carbocycles. The highest BCUT2D eigenvalue weighted by molar-refractivity contribution is 5.78. The average molecular weight is 242 g/mol. The Bertz CT molecular complexity index is 233. The van der Waals surface area contributed by atoms with E-state index < -0.39 is 0 Å². The second-order valence-corrected chi connectivity index (χ2v) is 5.06. The number of likely N-dealkylation sites (tertiary alicyclic amines) is 1. The molecule has 0 aromatic carbocycles. The summed E-state index contributed by atoms with van der Waals surface area (Å²) in [5, 5.41) is 12.3. The van der Waals surface area contributed by atoms with E-state index in [1.807, 2.05) is 6.92 Å². The lowest BCUT2D eigenvalue weighted by molar-refractivity contribution is -0.124. The largest absolute Gasteiger partial charge is 0.395 e. The zero-order valence-electron chi connectivity index (χ0n) is 11.1. The molecule has 2 unspecified atom stereocenters. The number of carbonyl (C=O) groups is 1. The Morgan fingerprint density at radius 3 is 2.94 bits per heavy atom. The lowest BCUT2D eigenvalue weighted by Gasteiger charge is -2.34. The molecule has 1 aliphatic heterocycles. The first-order valence-corrected chi connectivity index (χ1v) is 6.81. The Morgan fingerprint density at radius 2 is 2.29 bits per heavy atom. The molecule has 2 atom stereocenters. The summed E-state index contributed by atoms with van der Waals surface area (Å²) in [6.45, 7) is 5.69. The van der Waals surface area contributed by atoms with Crippen LogP contribution in [0.25, 0.3) is 0 Å². The topological polar surface area (TPSA) is 52.6 Å². The molecule has 4 nitrogen and oxygen atoms in total. The number of nitrogens with one attached hydrogen (secondary N) is 1. The fourth-order valence-electron chi connectivity index (χ4n) is 2.49. The molecule has 0 spiro atoms. The molecule has 1 aliphatic rings. The highest BCUT2D eigenvalue weighted by Crippen LogP contribution is 2.15. The van der Waals surface area contributed by atoms with Crippen molar-refractivity contribution in [2.45, 2.75) is 58.0 Å². The van der Waals surface area contributed by atoms with Crippen LogP contribution in [0.5, 0.6) is 0 Å². The van der Waals surface area contributed by atoms with Gasteiger partial charge in [0.05, 0.1) is 13.2 Å². The summed E-state index contributed by atoms with van der Waals surface area (Å²) in [5.41, 5.74) is 0. The Labute approximate surface area is 104 Å². The smallest absolute Gasteiger partial charge is 0.234 e. The van der Waals surface area contributed by atoms with Gasteiger partial charge in [-0.05, 0) is 32.7 Å². The monoisotopic (exact) mass is 242 g/mol. The van der Waals surface area contributed by atoms with Crippen LogP contribution in [0.15, 0.2) is 0 Å². The summed E-state index contributed by atoms with van der Waals surface area (Å²) in [4.78, 5) is 13.9. The molecular weight excluding hydrogens is 216 g/mol. The van der Waals surface area contributed by atoms with Crippen molar-refractivity contribution in [1.82, 2.24) is 10.2 Å². The van der Waals surface area contributed by atoms with Crippen molar-refractivity contribution in [3.05, 3.63) is 0 Å². The van der Waals surface area contributed by atoms with Crippen molar-refractivity contribution in [1.29, 1.82) is 0 Å². The minimum Gasteiger partial charge on any atom is -0.395 e. The molecular formula is C13H26N2O2. The van der Waals surface area contributed by atoms with Gasteiger partial charge in [-0.2, -0.15) is 0 Å². The van der Waals surface area contributed by atoms with Gasteiger partial charge in [0.1, 0.15) is 0 Å². The Balaban J connectivity index is 2.33. The zero-order valence-corrected chi connectivity index (χ0v) is 11.1. The SMILES string of the molecule is CCCC(C)NC(=O)CN1CCCCC1CO. The van der Waals surface area contributed by atoms with Crippen LogP contribution in [-0.2, 0) is 4.79 Å². The molecule has 0 aromatic heterocycles. The van der Waals surface area contributed by atoms with E-state index in [1.165, 1.54) is 0 Å². The third-order valence-electron chi connectivity index (χ3n) is 3.44. The van der Waals surface area contributed by atoms with Crippen molar-refractivity contribution in [3.63, 3.8) is 0 Å². The normalized spacial score (nSPS) is 23.4. The molecule has 0 radical (unpaired) electrons. The molecule has 1 saturated heterocycles. The van der Waals surface area contributed by atoms with Gasteiger partial charge in [0.15, 0.2) is 0 Å². The number of hydrogen-bond acceptors (Lipinski definition) is 3. The molecule has 0 aromatic rings. The van der Waals surface area contributed by atoms with Gasteiger partial charge < -0.3 is 10.4 Å². The molecule has 0 saturated carbocycles. The van der Waals surface area contributed by atoms with Crippen LogP contribution in [0.3, 0.4) is 0 Å². The third kappa shape index (κ3) is 5.04. The molecule has 2 N–H and O–H groups in total. The number of rotatable bonds is 6. The van der Waals surface area contributed by atoms with E-state index in [0.29, 0.717) is 6.54 Å². The minimum absolute atomic E-state index is 0.0892. The summed E-state index contributed by atoms with van der Waals surface area (Å²) >= 11 is 0. The second kappa shape index (κ2) is 7.67. The third-order valence-corrected chi connectivity index (χ3v) is 3.44. The first-order valence-electron chi connectivity index (χ1n) is 6.81. The van der Waals surface area contributed by atoms with E-state index in [9.17, 15) is 9.90 Å². The summed E-state index contributed by atoms with van der Waals surface area (Å²) in [5.74, 6) is 0.0892. The second-order valence-electron chi connectivity index (χ2n) is 5.06. The Kier molecular flexibility index (Phi) is 6.52. The maximum atomic E-state index is 11.8. The molecule has 4 heteroatoms. The number of hydrogen-bond donors (Lipinski definition) is 2. The molecule has 0 bridgehead atoms. The van der Waals surface area contributed by atoms with Gasteiger partial charge in [-0.15, -0.1) is 0 Å². The highest BCUT2D eigenvalue weighted by atomic mass is 16.3. The summed E-state index contributed by atoms with van der Waals surface area (Å²) in [6, 6.07) is 0.431. The van der Waals surface area contributed by atoms with Crippen LogP contribution in [0.2, 0.25) is 0 Å². The number of piperidine rings is 1. The Morgan fingerprint density at radius 1 is 1.53 bits per heavy atom. The zero-order chi connectivity index (χ0) is 12.7. The lowest BCUT2D eigenvalue weighted by atomic mass is 10.0. The van der Waals surface area contributed by atoms with Gasteiger partial charge in [-0.1, -0.05) is 19.8 Å². The van der Waals surface area contributed by atoms with Crippen molar-refractivity contribution < 1.29 is 9.90 Å². The first-order chi connectivity index (χ1) is 8.17. The van der Waals surface area contributed by atoms with Crippen LogP contribution in [0.4, 0.5) is 0 Å². The van der Waals surface area contributed by atoms with E-state index in [4.69, 9.17) is 0 Å². The number of aliphatic hydroxyl groups is 1. The number of amides is 1. The van der Waals surface area contributed by atoms with Gasteiger partial charge in [-0.25, -0.2) is 0 Å². The quantitative estimate of drug-likeness (QED) is 0.734.